The highest BCUT2D eigenvalue weighted by atomic mass is 32.1. The third-order valence-corrected chi connectivity index (χ3v) is 5.79. The summed E-state index contributed by atoms with van der Waals surface area (Å²) in [7, 11) is 1.81. The molecule has 0 aromatic heterocycles. The van der Waals surface area contributed by atoms with E-state index in [0.717, 1.165) is 36.5 Å². The van der Waals surface area contributed by atoms with Crippen LogP contribution in [0.3, 0.4) is 0 Å². The zero-order valence-corrected chi connectivity index (χ0v) is 17.8. The number of hydrogen-bond donors (Lipinski definition) is 3. The van der Waals surface area contributed by atoms with Gasteiger partial charge in [0.2, 0.25) is 0 Å². The molecular weight excluding hydrogens is 343 g/mol. The second-order valence-corrected chi connectivity index (χ2v) is 9.10. The molecule has 1 saturated heterocycles. The molecule has 2 heterocycles. The molecule has 1 atom stereocenters. The Bertz CT molecular complexity index is 634. The van der Waals surface area contributed by atoms with Crippen molar-refractivity contribution in [2.75, 3.05) is 19.6 Å². The zero-order chi connectivity index (χ0) is 19.5. The number of allylic oxidation sites excluding steroid dienone is 1. The number of amidine groups is 1. The fourth-order valence-corrected chi connectivity index (χ4v) is 2.88. The molecule has 143 valence electrons. The quantitative estimate of drug-likeness (QED) is 0.494. The third-order valence-electron chi connectivity index (χ3n) is 5.26. The van der Waals surface area contributed by atoms with E-state index in [1.165, 1.54) is 5.70 Å². The Hall–Kier alpha value is -1.18. The van der Waals surface area contributed by atoms with Crippen LogP contribution in [0.25, 0.3) is 0 Å². The molecule has 26 heavy (non-hydrogen) atoms. The Balaban J connectivity index is 2.23. The van der Waals surface area contributed by atoms with Crippen LogP contribution in [0.5, 0.6) is 0 Å². The second-order valence-electron chi connectivity index (χ2n) is 7.98. The van der Waals surface area contributed by atoms with Crippen molar-refractivity contribution in [2.24, 2.45) is 4.99 Å². The Morgan fingerprint density at radius 3 is 2.77 bits per heavy atom. The number of nitrogens with zero attached hydrogens (tertiary/aromatic N) is 2. The first-order chi connectivity index (χ1) is 12.1. The lowest BCUT2D eigenvalue weighted by atomic mass is 9.79. The van der Waals surface area contributed by atoms with Crippen molar-refractivity contribution in [2.45, 2.75) is 57.9 Å². The minimum Gasteiger partial charge on any atom is -0.428 e. The Kier molecular flexibility index (Phi) is 6.69. The van der Waals surface area contributed by atoms with Gasteiger partial charge in [0.15, 0.2) is 0 Å². The molecule has 2 rings (SSSR count). The summed E-state index contributed by atoms with van der Waals surface area (Å²) in [6, 6.07) is 0.463. The van der Waals surface area contributed by atoms with Crippen LogP contribution in [-0.4, -0.2) is 54.2 Å². The monoisotopic (exact) mass is 375 g/mol. The number of hydrogen-bond acceptors (Lipinski definition) is 6. The van der Waals surface area contributed by atoms with E-state index in [0.29, 0.717) is 6.04 Å². The second kappa shape index (κ2) is 8.23. The molecule has 0 saturated carbocycles. The number of nitrogens with one attached hydrogen (secondary N) is 2. The van der Waals surface area contributed by atoms with E-state index >= 15 is 0 Å². The summed E-state index contributed by atoms with van der Waals surface area (Å²) in [5.41, 5.74) is 2.79. The number of aliphatic imine (C=N–C) groups is 1. The zero-order valence-electron chi connectivity index (χ0n) is 16.9. The predicted molar refractivity (Wildman–Crippen MR) is 115 cm³/mol. The van der Waals surface area contributed by atoms with E-state index in [4.69, 9.17) is 4.65 Å². The Labute approximate surface area is 164 Å². The average Bonchev–Trinajstić information content (AvgIpc) is 2.94. The van der Waals surface area contributed by atoms with Gasteiger partial charge in [-0.05, 0) is 53.2 Å². The van der Waals surface area contributed by atoms with E-state index < -0.39 is 5.60 Å². The maximum Gasteiger partial charge on any atom is 0.333 e. The van der Waals surface area contributed by atoms with Crippen LogP contribution in [0.1, 0.15) is 41.5 Å². The molecular formula is C19H32BN4OS. The lowest BCUT2D eigenvalue weighted by Gasteiger charge is -2.38. The van der Waals surface area contributed by atoms with Crippen molar-refractivity contribution in [1.29, 1.82) is 0 Å². The number of rotatable bonds is 6. The van der Waals surface area contributed by atoms with E-state index in [1.807, 2.05) is 27.5 Å². The summed E-state index contributed by atoms with van der Waals surface area (Å²) in [5.74, 6) is 0.807. The van der Waals surface area contributed by atoms with Crippen molar-refractivity contribution < 1.29 is 4.65 Å². The molecule has 1 unspecified atom stereocenters. The Morgan fingerprint density at radius 2 is 2.19 bits per heavy atom. The van der Waals surface area contributed by atoms with Crippen LogP contribution in [0, 0.1) is 0 Å². The van der Waals surface area contributed by atoms with Crippen molar-refractivity contribution in [1.82, 2.24) is 15.5 Å². The molecule has 1 fully saturated rings. The number of piperazine rings is 1. The van der Waals surface area contributed by atoms with Gasteiger partial charge in [-0.25, -0.2) is 4.99 Å². The molecule has 0 aliphatic carbocycles. The molecule has 0 spiro atoms. The summed E-state index contributed by atoms with van der Waals surface area (Å²) in [6.45, 7) is 19.3. The van der Waals surface area contributed by atoms with Gasteiger partial charge < -0.3 is 20.2 Å². The average molecular weight is 375 g/mol. The van der Waals surface area contributed by atoms with Gasteiger partial charge >= 0.3 is 7.48 Å². The molecule has 0 aromatic rings. The van der Waals surface area contributed by atoms with Crippen LogP contribution < -0.4 is 10.6 Å². The van der Waals surface area contributed by atoms with Crippen LogP contribution in [0.15, 0.2) is 40.7 Å². The lowest BCUT2D eigenvalue weighted by Crippen LogP contribution is -2.49. The summed E-state index contributed by atoms with van der Waals surface area (Å²) >= 11 is 4.67. The fraction of sp³-hybridized carbons (Fsp3) is 0.632. The molecule has 7 heteroatoms. The van der Waals surface area contributed by atoms with E-state index in [2.05, 4.69) is 67.4 Å². The highest BCUT2D eigenvalue weighted by Gasteiger charge is 2.36. The third kappa shape index (κ3) is 4.75. The Morgan fingerprint density at radius 1 is 1.50 bits per heavy atom. The van der Waals surface area contributed by atoms with Crippen molar-refractivity contribution in [3.05, 3.63) is 35.7 Å². The van der Waals surface area contributed by atoms with Crippen LogP contribution in [0.4, 0.5) is 0 Å². The largest absolute Gasteiger partial charge is 0.428 e. The van der Waals surface area contributed by atoms with E-state index in [-0.39, 0.29) is 4.75 Å². The van der Waals surface area contributed by atoms with Gasteiger partial charge in [-0.1, -0.05) is 6.58 Å². The molecule has 2 N–H and O–H groups in total. The topological polar surface area (TPSA) is 48.9 Å². The van der Waals surface area contributed by atoms with Gasteiger partial charge in [0.1, 0.15) is 5.84 Å². The summed E-state index contributed by atoms with van der Waals surface area (Å²) in [5, 5.41) is 6.64. The molecule has 2 aliphatic heterocycles. The lowest BCUT2D eigenvalue weighted by molar-refractivity contribution is 0.0846. The van der Waals surface area contributed by atoms with Gasteiger partial charge in [-0.3, -0.25) is 0 Å². The van der Waals surface area contributed by atoms with Gasteiger partial charge in [0.05, 0.1) is 5.60 Å². The van der Waals surface area contributed by atoms with Crippen LogP contribution in [0.2, 0.25) is 0 Å². The van der Waals surface area contributed by atoms with E-state index in [9.17, 15) is 0 Å². The maximum absolute atomic E-state index is 6.13. The molecule has 1 radical (unpaired) electrons. The smallest absolute Gasteiger partial charge is 0.333 e. The van der Waals surface area contributed by atoms with Crippen molar-refractivity contribution in [3.63, 3.8) is 0 Å². The first-order valence-corrected chi connectivity index (χ1v) is 9.60. The molecule has 0 amide bonds. The first kappa shape index (κ1) is 21.1. The molecule has 0 bridgehead atoms. The minimum absolute atomic E-state index is 0.279. The summed E-state index contributed by atoms with van der Waals surface area (Å²) in [4.78, 5) is 6.93. The maximum atomic E-state index is 6.13. The molecule has 5 nitrogen and oxygen atoms in total. The standard InChI is InChI=1S/C19H32BN4OS/c1-8-21-17-16(14(3)24-10-9-22-13(2)12-24)15(11-23-17)20-25-18(4,5)19(6,7)26/h8,11,13,22,26H,1,9-10,12H2,2-7H3,(H,21,23)/b16-14+. The molecule has 0 aromatic carbocycles. The first-order valence-electron chi connectivity index (χ1n) is 9.15. The predicted octanol–water partition coefficient (Wildman–Crippen LogP) is 2.66. The van der Waals surface area contributed by atoms with Crippen molar-refractivity contribution >= 4 is 25.9 Å². The van der Waals surface area contributed by atoms with Crippen LogP contribution in [-0.2, 0) is 4.65 Å². The highest BCUT2D eigenvalue weighted by molar-refractivity contribution is 7.81. The minimum atomic E-state index is -0.422. The van der Waals surface area contributed by atoms with Gasteiger partial charge in [0.25, 0.3) is 0 Å². The SMILES string of the molecule is C=CNC1=NC=C([B]OC(C)(C)C(C)(C)S)/C1=C(/C)N1CCNC(C)C1. The van der Waals surface area contributed by atoms with Gasteiger partial charge in [-0.15, -0.1) is 0 Å². The number of thiol groups is 1. The highest BCUT2D eigenvalue weighted by Crippen LogP contribution is 2.32. The fourth-order valence-electron chi connectivity index (χ4n) is 2.83. The normalized spacial score (nSPS) is 23.3. The summed E-state index contributed by atoms with van der Waals surface area (Å²) < 4.78 is 5.85. The van der Waals surface area contributed by atoms with Gasteiger partial charge in [-0.2, -0.15) is 12.6 Å². The van der Waals surface area contributed by atoms with Crippen LogP contribution >= 0.6 is 12.6 Å². The van der Waals surface area contributed by atoms with Crippen molar-refractivity contribution in [3.8, 4) is 0 Å². The van der Waals surface area contributed by atoms with E-state index in [1.54, 1.807) is 6.20 Å². The summed E-state index contributed by atoms with van der Waals surface area (Å²) in [6.07, 6.45) is 3.50. The van der Waals surface area contributed by atoms with Gasteiger partial charge in [0, 0.05) is 47.9 Å². The molecule has 2 aliphatic rings.